The van der Waals surface area contributed by atoms with E-state index in [9.17, 15) is 0 Å². The highest BCUT2D eigenvalue weighted by molar-refractivity contribution is 6.32. The van der Waals surface area contributed by atoms with Crippen molar-refractivity contribution in [3.63, 3.8) is 0 Å². The topological polar surface area (TPSA) is 56.8 Å². The normalized spacial score (nSPS) is 10.1. The van der Waals surface area contributed by atoms with Crippen molar-refractivity contribution in [2.75, 3.05) is 0 Å². The van der Waals surface area contributed by atoms with E-state index in [4.69, 9.17) is 26.9 Å². The lowest BCUT2D eigenvalue weighted by molar-refractivity contribution is 0.472. The smallest absolute Gasteiger partial charge is 0.147 e. The number of hydrogen-bond donors (Lipinski definition) is 0. The average Bonchev–Trinajstić information content (AvgIpc) is 2.48. The zero-order valence-electron chi connectivity index (χ0n) is 12.6. The molecule has 0 saturated heterocycles. The molecule has 2 aromatic rings. The summed E-state index contributed by atoms with van der Waals surface area (Å²) in [4.78, 5) is 0. The van der Waals surface area contributed by atoms with E-state index in [0.29, 0.717) is 22.4 Å². The van der Waals surface area contributed by atoms with Gasteiger partial charge in [-0.05, 0) is 36.1 Å². The van der Waals surface area contributed by atoms with E-state index in [1.54, 1.807) is 0 Å². The second kappa shape index (κ2) is 6.52. The number of benzene rings is 2. The van der Waals surface area contributed by atoms with Crippen LogP contribution in [-0.2, 0) is 0 Å². The quantitative estimate of drug-likeness (QED) is 0.772. The standard InChI is InChI=1S/C18H15ClN2O/c1-11(2)15-5-4-12(3)6-17(15)22-18-8-14(10-21)13(9-20)7-16(18)19/h4-8,11H,1-3H3. The minimum absolute atomic E-state index is 0.244. The highest BCUT2D eigenvalue weighted by Crippen LogP contribution is 2.36. The van der Waals surface area contributed by atoms with Gasteiger partial charge in [0.2, 0.25) is 0 Å². The van der Waals surface area contributed by atoms with Crippen LogP contribution in [0.1, 0.15) is 42.0 Å². The van der Waals surface area contributed by atoms with Crippen molar-refractivity contribution in [1.29, 1.82) is 10.5 Å². The van der Waals surface area contributed by atoms with Gasteiger partial charge in [0.1, 0.15) is 23.6 Å². The molecule has 22 heavy (non-hydrogen) atoms. The number of rotatable bonds is 3. The molecule has 0 spiro atoms. The van der Waals surface area contributed by atoms with Gasteiger partial charge < -0.3 is 4.74 Å². The third-order valence-corrected chi connectivity index (χ3v) is 3.62. The van der Waals surface area contributed by atoms with Gasteiger partial charge in [-0.25, -0.2) is 0 Å². The van der Waals surface area contributed by atoms with E-state index in [2.05, 4.69) is 13.8 Å². The molecule has 0 radical (unpaired) electrons. The first-order valence-electron chi connectivity index (χ1n) is 6.88. The molecule has 0 fully saturated rings. The van der Waals surface area contributed by atoms with Crippen molar-refractivity contribution in [2.45, 2.75) is 26.7 Å². The Morgan fingerprint density at radius 2 is 1.64 bits per heavy atom. The molecular formula is C18H15ClN2O. The van der Waals surface area contributed by atoms with Crippen LogP contribution in [0.25, 0.3) is 0 Å². The van der Waals surface area contributed by atoms with E-state index in [1.165, 1.54) is 12.1 Å². The van der Waals surface area contributed by atoms with Crippen LogP contribution in [0.4, 0.5) is 0 Å². The second-order valence-electron chi connectivity index (χ2n) is 5.35. The van der Waals surface area contributed by atoms with Gasteiger partial charge in [0.05, 0.1) is 16.1 Å². The minimum Gasteiger partial charge on any atom is -0.455 e. The summed E-state index contributed by atoms with van der Waals surface area (Å²) < 4.78 is 5.93. The van der Waals surface area contributed by atoms with Crippen LogP contribution in [0.2, 0.25) is 5.02 Å². The molecule has 110 valence electrons. The van der Waals surface area contributed by atoms with Crippen molar-refractivity contribution >= 4 is 11.6 Å². The van der Waals surface area contributed by atoms with Crippen LogP contribution in [-0.4, -0.2) is 0 Å². The molecular weight excluding hydrogens is 296 g/mol. The van der Waals surface area contributed by atoms with Crippen LogP contribution < -0.4 is 4.74 Å². The van der Waals surface area contributed by atoms with Crippen LogP contribution in [0.3, 0.4) is 0 Å². The predicted octanol–water partition coefficient (Wildman–Crippen LogP) is 5.31. The first-order chi connectivity index (χ1) is 10.5. The van der Waals surface area contributed by atoms with E-state index in [-0.39, 0.29) is 11.1 Å². The van der Waals surface area contributed by atoms with Gasteiger partial charge in [-0.2, -0.15) is 10.5 Å². The Morgan fingerprint density at radius 3 is 2.23 bits per heavy atom. The zero-order chi connectivity index (χ0) is 16.3. The Hall–Kier alpha value is -2.49. The van der Waals surface area contributed by atoms with Gasteiger partial charge in [0.25, 0.3) is 0 Å². The van der Waals surface area contributed by atoms with Crippen molar-refractivity contribution in [1.82, 2.24) is 0 Å². The van der Waals surface area contributed by atoms with Gasteiger partial charge in [0, 0.05) is 6.07 Å². The molecule has 0 amide bonds. The Kier molecular flexibility index (Phi) is 4.71. The average molecular weight is 311 g/mol. The van der Waals surface area contributed by atoms with Gasteiger partial charge >= 0.3 is 0 Å². The molecule has 0 heterocycles. The maximum atomic E-state index is 9.12. The van der Waals surface area contributed by atoms with E-state index in [1.807, 2.05) is 37.3 Å². The summed E-state index contributed by atoms with van der Waals surface area (Å²) >= 11 is 6.17. The Labute approximate surface area is 135 Å². The highest BCUT2D eigenvalue weighted by Gasteiger charge is 2.14. The molecule has 0 atom stereocenters. The lowest BCUT2D eigenvalue weighted by Gasteiger charge is -2.15. The lowest BCUT2D eigenvalue weighted by atomic mass is 10.0. The fourth-order valence-electron chi connectivity index (χ4n) is 2.14. The van der Waals surface area contributed by atoms with Gasteiger partial charge in [-0.1, -0.05) is 37.6 Å². The molecule has 0 aliphatic heterocycles. The first-order valence-corrected chi connectivity index (χ1v) is 7.26. The minimum atomic E-state index is 0.244. The number of halogens is 1. The summed E-state index contributed by atoms with van der Waals surface area (Å²) in [6.45, 7) is 6.15. The molecule has 0 aromatic heterocycles. The third kappa shape index (κ3) is 3.22. The summed E-state index contributed by atoms with van der Waals surface area (Å²) in [5.74, 6) is 1.39. The maximum absolute atomic E-state index is 9.12. The molecule has 4 heteroatoms. The van der Waals surface area contributed by atoms with Crippen molar-refractivity contribution in [3.8, 4) is 23.6 Å². The number of aryl methyl sites for hydroxylation is 1. The largest absolute Gasteiger partial charge is 0.455 e. The molecule has 0 N–H and O–H groups in total. The van der Waals surface area contributed by atoms with Gasteiger partial charge in [-0.3, -0.25) is 0 Å². The van der Waals surface area contributed by atoms with Crippen LogP contribution in [0, 0.1) is 29.6 Å². The third-order valence-electron chi connectivity index (χ3n) is 3.32. The number of ether oxygens (including phenoxy) is 1. The Bertz CT molecular complexity index is 798. The van der Waals surface area contributed by atoms with E-state index in [0.717, 1.165) is 11.1 Å². The summed E-state index contributed by atoms with van der Waals surface area (Å²) in [7, 11) is 0. The van der Waals surface area contributed by atoms with Gasteiger partial charge in [-0.15, -0.1) is 0 Å². The Morgan fingerprint density at radius 1 is 1.00 bits per heavy atom. The second-order valence-corrected chi connectivity index (χ2v) is 5.76. The molecule has 2 aromatic carbocycles. The molecule has 0 unspecified atom stereocenters. The molecule has 0 aliphatic rings. The van der Waals surface area contributed by atoms with E-state index >= 15 is 0 Å². The highest BCUT2D eigenvalue weighted by atomic mass is 35.5. The molecule has 3 nitrogen and oxygen atoms in total. The molecule has 0 saturated carbocycles. The number of nitrogens with zero attached hydrogens (tertiary/aromatic N) is 2. The molecule has 0 aliphatic carbocycles. The van der Waals surface area contributed by atoms with Crippen molar-refractivity contribution in [2.24, 2.45) is 0 Å². The van der Waals surface area contributed by atoms with Crippen LogP contribution in [0.15, 0.2) is 30.3 Å². The molecule has 0 bridgehead atoms. The Balaban J connectivity index is 2.51. The van der Waals surface area contributed by atoms with Crippen molar-refractivity contribution < 1.29 is 4.74 Å². The van der Waals surface area contributed by atoms with Gasteiger partial charge in [0.15, 0.2) is 0 Å². The predicted molar refractivity (Wildman–Crippen MR) is 86.2 cm³/mol. The summed E-state index contributed by atoms with van der Waals surface area (Å²) in [5, 5.41) is 18.4. The summed E-state index contributed by atoms with van der Waals surface area (Å²) in [5.41, 5.74) is 2.63. The van der Waals surface area contributed by atoms with Crippen molar-refractivity contribution in [3.05, 3.63) is 57.6 Å². The van der Waals surface area contributed by atoms with E-state index < -0.39 is 0 Å². The molecule has 2 rings (SSSR count). The lowest BCUT2D eigenvalue weighted by Crippen LogP contribution is -1.96. The number of nitriles is 2. The zero-order valence-corrected chi connectivity index (χ0v) is 13.4. The number of hydrogen-bond acceptors (Lipinski definition) is 3. The SMILES string of the molecule is Cc1ccc(C(C)C)c(Oc2cc(C#N)c(C#N)cc2Cl)c1. The summed E-state index contributed by atoms with van der Waals surface area (Å²) in [6, 6.07) is 12.9. The monoisotopic (exact) mass is 310 g/mol. The van der Waals surface area contributed by atoms with Crippen LogP contribution >= 0.6 is 11.6 Å². The maximum Gasteiger partial charge on any atom is 0.147 e. The fraction of sp³-hybridized carbons (Fsp3) is 0.222. The van der Waals surface area contributed by atoms with Crippen LogP contribution in [0.5, 0.6) is 11.5 Å². The fourth-order valence-corrected chi connectivity index (χ4v) is 2.34. The first kappa shape index (κ1) is 15.9. The summed E-state index contributed by atoms with van der Waals surface area (Å²) in [6.07, 6.45) is 0.